The Hall–Kier alpha value is -1.22. The van der Waals surface area contributed by atoms with Gasteiger partial charge in [0.05, 0.1) is 10.0 Å². The first-order chi connectivity index (χ1) is 7.06. The number of ether oxygens (including phenoxy) is 1. The molecule has 2 nitrogen and oxygen atoms in total. The molecule has 1 rings (SSSR count). The van der Waals surface area contributed by atoms with Crippen LogP contribution in [-0.2, 0) is 0 Å². The Balaban J connectivity index is 2.93. The Morgan fingerprint density at radius 3 is 2.67 bits per heavy atom. The fraction of sp³-hybridized carbons (Fsp3) is 0.222. The van der Waals surface area contributed by atoms with Crippen LogP contribution in [0.5, 0.6) is 5.75 Å². The maximum Gasteiger partial charge on any atom is 0.272 e. The number of nitrogens with zero attached hydrogens (tertiary/aromatic N) is 1. The SMILES string of the molecule is N#Cc1ccc(OCC(F)F)c(F)c1Br. The van der Waals surface area contributed by atoms with Gasteiger partial charge >= 0.3 is 0 Å². The second-order valence-electron chi connectivity index (χ2n) is 2.55. The fourth-order valence-corrected chi connectivity index (χ4v) is 1.30. The standard InChI is InChI=1S/C9H5BrF3NO/c10-8-5(3-14)1-2-6(9(8)13)15-4-7(11)12/h1-2,7H,4H2. The molecule has 80 valence electrons. The van der Waals surface area contributed by atoms with Gasteiger partial charge in [-0.1, -0.05) is 0 Å². The lowest BCUT2D eigenvalue weighted by Gasteiger charge is -2.07. The van der Waals surface area contributed by atoms with Crippen molar-refractivity contribution in [2.75, 3.05) is 6.61 Å². The maximum atomic E-state index is 13.3. The highest BCUT2D eigenvalue weighted by molar-refractivity contribution is 9.10. The normalized spacial score (nSPS) is 10.1. The Labute approximate surface area is 92.4 Å². The van der Waals surface area contributed by atoms with Gasteiger partial charge in [0.25, 0.3) is 6.43 Å². The van der Waals surface area contributed by atoms with Crippen LogP contribution in [0.25, 0.3) is 0 Å². The monoisotopic (exact) mass is 279 g/mol. The Morgan fingerprint density at radius 2 is 2.13 bits per heavy atom. The van der Waals surface area contributed by atoms with Crippen LogP contribution in [0.2, 0.25) is 0 Å². The molecule has 0 radical (unpaired) electrons. The Bertz CT molecular complexity index is 403. The van der Waals surface area contributed by atoms with E-state index in [1.165, 1.54) is 6.07 Å². The van der Waals surface area contributed by atoms with Crippen LogP contribution in [0, 0.1) is 17.1 Å². The molecular formula is C9H5BrF3NO. The highest BCUT2D eigenvalue weighted by atomic mass is 79.9. The molecule has 15 heavy (non-hydrogen) atoms. The van der Waals surface area contributed by atoms with Gasteiger partial charge < -0.3 is 4.74 Å². The summed E-state index contributed by atoms with van der Waals surface area (Å²) in [5.74, 6) is -1.16. The van der Waals surface area contributed by atoms with Crippen molar-refractivity contribution >= 4 is 15.9 Å². The Morgan fingerprint density at radius 1 is 1.47 bits per heavy atom. The van der Waals surface area contributed by atoms with Gasteiger partial charge in [-0.25, -0.2) is 13.2 Å². The van der Waals surface area contributed by atoms with E-state index in [0.717, 1.165) is 6.07 Å². The van der Waals surface area contributed by atoms with Crippen molar-refractivity contribution < 1.29 is 17.9 Å². The average Bonchev–Trinajstić information content (AvgIpc) is 2.20. The molecule has 1 aromatic rings. The van der Waals surface area contributed by atoms with Crippen LogP contribution in [0.15, 0.2) is 16.6 Å². The zero-order valence-corrected chi connectivity index (χ0v) is 8.89. The second kappa shape index (κ2) is 5.03. The lowest BCUT2D eigenvalue weighted by atomic mass is 10.2. The van der Waals surface area contributed by atoms with E-state index < -0.39 is 18.8 Å². The van der Waals surface area contributed by atoms with Crippen molar-refractivity contribution in [1.29, 1.82) is 5.26 Å². The van der Waals surface area contributed by atoms with Crippen LogP contribution in [0.4, 0.5) is 13.2 Å². The third-order valence-corrected chi connectivity index (χ3v) is 2.31. The topological polar surface area (TPSA) is 33.0 Å². The lowest BCUT2D eigenvalue weighted by Crippen LogP contribution is -2.08. The van der Waals surface area contributed by atoms with E-state index in [4.69, 9.17) is 5.26 Å². The summed E-state index contributed by atoms with van der Waals surface area (Å²) in [5, 5.41) is 8.54. The van der Waals surface area contributed by atoms with Gasteiger partial charge in [0, 0.05) is 0 Å². The summed E-state index contributed by atoms with van der Waals surface area (Å²) in [4.78, 5) is 0. The second-order valence-corrected chi connectivity index (χ2v) is 3.35. The molecule has 0 aromatic heterocycles. The van der Waals surface area contributed by atoms with E-state index >= 15 is 0 Å². The highest BCUT2D eigenvalue weighted by Gasteiger charge is 2.13. The number of halogens is 4. The van der Waals surface area contributed by atoms with Crippen LogP contribution < -0.4 is 4.74 Å². The van der Waals surface area contributed by atoms with E-state index in [1.807, 2.05) is 0 Å². The summed E-state index contributed by atoms with van der Waals surface area (Å²) in [6, 6.07) is 4.16. The molecule has 0 unspecified atom stereocenters. The molecule has 0 fully saturated rings. The summed E-state index contributed by atoms with van der Waals surface area (Å²) in [7, 11) is 0. The molecule has 0 N–H and O–H groups in total. The summed E-state index contributed by atoms with van der Waals surface area (Å²) < 4.78 is 41.3. The molecule has 0 amide bonds. The predicted molar refractivity (Wildman–Crippen MR) is 50.3 cm³/mol. The number of hydrogen-bond acceptors (Lipinski definition) is 2. The van der Waals surface area contributed by atoms with E-state index in [1.54, 1.807) is 6.07 Å². The van der Waals surface area contributed by atoms with Crippen molar-refractivity contribution in [3.05, 3.63) is 28.0 Å². The molecule has 1 aromatic carbocycles. The third-order valence-electron chi connectivity index (χ3n) is 1.53. The summed E-state index contributed by atoms with van der Waals surface area (Å²) >= 11 is 2.83. The number of alkyl halides is 2. The van der Waals surface area contributed by atoms with Gasteiger partial charge in [0.15, 0.2) is 11.6 Å². The average molecular weight is 280 g/mol. The molecule has 0 bridgehead atoms. The summed E-state index contributed by atoms with van der Waals surface area (Å²) in [5.41, 5.74) is 0.0805. The summed E-state index contributed by atoms with van der Waals surface area (Å²) in [6.45, 7) is -0.880. The highest BCUT2D eigenvalue weighted by Crippen LogP contribution is 2.28. The van der Waals surface area contributed by atoms with Gasteiger partial charge in [-0.3, -0.25) is 0 Å². The van der Waals surface area contributed by atoms with Crippen molar-refractivity contribution in [2.24, 2.45) is 0 Å². The van der Waals surface area contributed by atoms with Gasteiger partial charge in [-0.15, -0.1) is 0 Å². The molecule has 0 aliphatic carbocycles. The molecular weight excluding hydrogens is 275 g/mol. The van der Waals surface area contributed by atoms with E-state index in [0.29, 0.717) is 0 Å². The van der Waals surface area contributed by atoms with Gasteiger partial charge in [0.2, 0.25) is 0 Å². The van der Waals surface area contributed by atoms with E-state index in [9.17, 15) is 13.2 Å². The first-order valence-electron chi connectivity index (χ1n) is 3.85. The van der Waals surface area contributed by atoms with Gasteiger partial charge in [-0.2, -0.15) is 5.26 Å². The zero-order valence-electron chi connectivity index (χ0n) is 7.31. The molecule has 0 saturated carbocycles. The first kappa shape index (κ1) is 11.9. The number of benzene rings is 1. The zero-order chi connectivity index (χ0) is 11.4. The molecule has 0 heterocycles. The first-order valence-corrected chi connectivity index (χ1v) is 4.64. The molecule has 0 aliphatic rings. The number of hydrogen-bond donors (Lipinski definition) is 0. The molecule has 0 saturated heterocycles. The minimum absolute atomic E-state index is 0.0805. The van der Waals surface area contributed by atoms with Crippen molar-refractivity contribution in [3.63, 3.8) is 0 Å². The van der Waals surface area contributed by atoms with Crippen LogP contribution in [0.1, 0.15) is 5.56 Å². The van der Waals surface area contributed by atoms with Crippen LogP contribution in [-0.4, -0.2) is 13.0 Å². The summed E-state index contributed by atoms with van der Waals surface area (Å²) in [6.07, 6.45) is -2.67. The molecule has 0 aliphatic heterocycles. The smallest absolute Gasteiger partial charge is 0.272 e. The van der Waals surface area contributed by atoms with E-state index in [2.05, 4.69) is 20.7 Å². The van der Waals surface area contributed by atoms with Gasteiger partial charge in [0.1, 0.15) is 12.7 Å². The van der Waals surface area contributed by atoms with E-state index in [-0.39, 0.29) is 15.8 Å². The quantitative estimate of drug-likeness (QED) is 0.852. The fourth-order valence-electron chi connectivity index (χ4n) is 0.882. The largest absolute Gasteiger partial charge is 0.485 e. The maximum absolute atomic E-state index is 13.3. The Kier molecular flexibility index (Phi) is 3.97. The van der Waals surface area contributed by atoms with Gasteiger partial charge in [-0.05, 0) is 28.1 Å². The minimum Gasteiger partial charge on any atom is -0.485 e. The van der Waals surface area contributed by atoms with Crippen LogP contribution in [0.3, 0.4) is 0 Å². The number of nitriles is 1. The van der Waals surface area contributed by atoms with Crippen molar-refractivity contribution in [3.8, 4) is 11.8 Å². The predicted octanol–water partition coefficient (Wildman–Crippen LogP) is 3.10. The molecule has 0 atom stereocenters. The van der Waals surface area contributed by atoms with Crippen LogP contribution >= 0.6 is 15.9 Å². The number of rotatable bonds is 3. The van der Waals surface area contributed by atoms with Crippen molar-refractivity contribution in [2.45, 2.75) is 6.43 Å². The molecule has 6 heteroatoms. The minimum atomic E-state index is -2.67. The van der Waals surface area contributed by atoms with Crippen molar-refractivity contribution in [1.82, 2.24) is 0 Å². The lowest BCUT2D eigenvalue weighted by molar-refractivity contribution is 0.0798. The third kappa shape index (κ3) is 2.86. The molecule has 0 spiro atoms.